The average Bonchev–Trinajstić information content (AvgIpc) is 2.82. The van der Waals surface area contributed by atoms with Gasteiger partial charge < -0.3 is 20.2 Å². The van der Waals surface area contributed by atoms with Gasteiger partial charge >= 0.3 is 0 Å². The molecule has 1 atom stereocenters. The first-order valence-electron chi connectivity index (χ1n) is 5.73. The lowest BCUT2D eigenvalue weighted by Gasteiger charge is -2.14. The number of ether oxygens (including phenoxy) is 1. The number of nitrogens with one attached hydrogen (secondary N) is 1. The van der Waals surface area contributed by atoms with Crippen LogP contribution >= 0.6 is 0 Å². The van der Waals surface area contributed by atoms with E-state index in [1.165, 1.54) is 0 Å². The number of para-hydroxylation sites is 1. The SMILES string of the molecule is COCC(CN)NC(=O)c1cc2ccccc2o1. The molecule has 0 bridgehead atoms. The summed E-state index contributed by atoms with van der Waals surface area (Å²) < 4.78 is 10.4. The lowest BCUT2D eigenvalue weighted by atomic mass is 10.2. The van der Waals surface area contributed by atoms with E-state index >= 15 is 0 Å². The second-order valence-electron chi connectivity index (χ2n) is 4.01. The fraction of sp³-hybridized carbons (Fsp3) is 0.308. The van der Waals surface area contributed by atoms with Gasteiger partial charge in [-0.1, -0.05) is 18.2 Å². The Kier molecular flexibility index (Phi) is 3.96. The molecule has 2 rings (SSSR count). The van der Waals surface area contributed by atoms with Crippen LogP contribution in [0.25, 0.3) is 11.0 Å². The zero-order valence-electron chi connectivity index (χ0n) is 10.2. The van der Waals surface area contributed by atoms with Crippen molar-refractivity contribution >= 4 is 16.9 Å². The van der Waals surface area contributed by atoms with Crippen LogP contribution in [0.3, 0.4) is 0 Å². The first-order valence-corrected chi connectivity index (χ1v) is 5.73. The highest BCUT2D eigenvalue weighted by Crippen LogP contribution is 2.18. The molecule has 1 amide bonds. The van der Waals surface area contributed by atoms with Crippen LogP contribution in [-0.2, 0) is 4.74 Å². The van der Waals surface area contributed by atoms with Gasteiger partial charge in [0.15, 0.2) is 5.76 Å². The summed E-state index contributed by atoms with van der Waals surface area (Å²) in [6.07, 6.45) is 0. The van der Waals surface area contributed by atoms with Gasteiger partial charge in [0, 0.05) is 19.0 Å². The van der Waals surface area contributed by atoms with E-state index in [0.717, 1.165) is 5.39 Å². The van der Waals surface area contributed by atoms with E-state index < -0.39 is 0 Å². The number of hydrogen-bond donors (Lipinski definition) is 2. The minimum Gasteiger partial charge on any atom is -0.451 e. The molecule has 0 saturated carbocycles. The van der Waals surface area contributed by atoms with E-state index in [9.17, 15) is 4.79 Å². The van der Waals surface area contributed by atoms with Gasteiger partial charge in [0.1, 0.15) is 5.58 Å². The molecular weight excluding hydrogens is 232 g/mol. The second kappa shape index (κ2) is 5.66. The highest BCUT2D eigenvalue weighted by Gasteiger charge is 2.15. The Balaban J connectivity index is 2.13. The Hall–Kier alpha value is -1.85. The lowest BCUT2D eigenvalue weighted by molar-refractivity contribution is 0.0875. The van der Waals surface area contributed by atoms with Crippen LogP contribution in [0.1, 0.15) is 10.6 Å². The van der Waals surface area contributed by atoms with Crippen LogP contribution in [0, 0.1) is 0 Å². The molecule has 0 spiro atoms. The van der Waals surface area contributed by atoms with E-state index in [2.05, 4.69) is 5.32 Å². The maximum atomic E-state index is 11.9. The van der Waals surface area contributed by atoms with Crippen LogP contribution in [-0.4, -0.2) is 32.2 Å². The Labute approximate surface area is 105 Å². The zero-order chi connectivity index (χ0) is 13.0. The number of rotatable bonds is 5. The highest BCUT2D eigenvalue weighted by molar-refractivity contribution is 5.96. The Morgan fingerprint density at radius 2 is 2.28 bits per heavy atom. The van der Waals surface area contributed by atoms with E-state index in [1.54, 1.807) is 13.2 Å². The fourth-order valence-electron chi connectivity index (χ4n) is 1.72. The molecule has 18 heavy (non-hydrogen) atoms. The molecule has 5 nitrogen and oxygen atoms in total. The van der Waals surface area contributed by atoms with Crippen molar-refractivity contribution in [2.45, 2.75) is 6.04 Å². The standard InChI is InChI=1S/C13H16N2O3/c1-17-8-10(7-14)15-13(16)12-6-9-4-2-3-5-11(9)18-12/h2-6,10H,7-8,14H2,1H3,(H,15,16). The van der Waals surface area contributed by atoms with Gasteiger partial charge in [-0.15, -0.1) is 0 Å². The summed E-state index contributed by atoms with van der Waals surface area (Å²) in [6, 6.07) is 8.97. The highest BCUT2D eigenvalue weighted by atomic mass is 16.5. The van der Waals surface area contributed by atoms with Crippen LogP contribution in [0.15, 0.2) is 34.7 Å². The van der Waals surface area contributed by atoms with Gasteiger partial charge in [0.25, 0.3) is 5.91 Å². The van der Waals surface area contributed by atoms with Crippen molar-refractivity contribution < 1.29 is 13.9 Å². The summed E-state index contributed by atoms with van der Waals surface area (Å²) in [5.41, 5.74) is 6.23. The molecule has 1 aromatic heterocycles. The van der Waals surface area contributed by atoms with E-state index in [-0.39, 0.29) is 17.7 Å². The molecule has 0 fully saturated rings. The molecule has 1 aromatic carbocycles. The molecule has 1 unspecified atom stereocenters. The van der Waals surface area contributed by atoms with Crippen molar-refractivity contribution in [3.8, 4) is 0 Å². The normalized spacial score (nSPS) is 12.6. The van der Waals surface area contributed by atoms with Crippen molar-refractivity contribution in [1.29, 1.82) is 0 Å². The third-order valence-corrected chi connectivity index (χ3v) is 2.64. The smallest absolute Gasteiger partial charge is 0.287 e. The molecule has 1 heterocycles. The fourth-order valence-corrected chi connectivity index (χ4v) is 1.72. The molecule has 5 heteroatoms. The van der Waals surface area contributed by atoms with Crippen LogP contribution < -0.4 is 11.1 Å². The van der Waals surface area contributed by atoms with Crippen molar-refractivity contribution in [3.05, 3.63) is 36.1 Å². The monoisotopic (exact) mass is 248 g/mol. The predicted molar refractivity (Wildman–Crippen MR) is 68.4 cm³/mol. The molecule has 0 radical (unpaired) electrons. The Bertz CT molecular complexity index is 503. The number of carbonyl (C=O) groups excluding carboxylic acids is 1. The largest absolute Gasteiger partial charge is 0.451 e. The molecule has 0 aliphatic rings. The quantitative estimate of drug-likeness (QED) is 0.831. The molecule has 0 saturated heterocycles. The molecule has 2 aromatic rings. The van der Waals surface area contributed by atoms with Crippen LogP contribution in [0.5, 0.6) is 0 Å². The minimum atomic E-state index is -0.279. The van der Waals surface area contributed by atoms with Gasteiger partial charge in [-0.05, 0) is 12.1 Å². The first kappa shape index (κ1) is 12.6. The number of hydrogen-bond acceptors (Lipinski definition) is 4. The summed E-state index contributed by atoms with van der Waals surface area (Å²) in [7, 11) is 1.57. The van der Waals surface area contributed by atoms with Gasteiger partial charge in [-0.3, -0.25) is 4.79 Å². The van der Waals surface area contributed by atoms with Gasteiger partial charge in [0.2, 0.25) is 0 Å². The molecule has 0 aliphatic heterocycles. The number of methoxy groups -OCH3 is 1. The summed E-state index contributed by atoms with van der Waals surface area (Å²) in [6.45, 7) is 0.697. The molecule has 0 aliphatic carbocycles. The predicted octanol–water partition coefficient (Wildman–Crippen LogP) is 1.14. The third-order valence-electron chi connectivity index (χ3n) is 2.64. The van der Waals surface area contributed by atoms with Gasteiger partial charge in [-0.2, -0.15) is 0 Å². The summed E-state index contributed by atoms with van der Waals surface area (Å²) in [5.74, 6) is 0.00412. The summed E-state index contributed by atoms with van der Waals surface area (Å²) in [5, 5.41) is 3.66. The number of amides is 1. The molecule has 3 N–H and O–H groups in total. The molecule has 96 valence electrons. The number of furan rings is 1. The number of benzene rings is 1. The van der Waals surface area contributed by atoms with E-state index in [4.69, 9.17) is 14.9 Å². The number of fused-ring (bicyclic) bond motifs is 1. The van der Waals surface area contributed by atoms with Crippen molar-refractivity contribution in [1.82, 2.24) is 5.32 Å². The first-order chi connectivity index (χ1) is 8.74. The Morgan fingerprint density at radius 1 is 1.50 bits per heavy atom. The third kappa shape index (κ3) is 2.69. The lowest BCUT2D eigenvalue weighted by Crippen LogP contribution is -2.43. The summed E-state index contributed by atoms with van der Waals surface area (Å²) in [4.78, 5) is 11.9. The number of carbonyl (C=O) groups is 1. The van der Waals surface area contributed by atoms with Crippen molar-refractivity contribution in [3.63, 3.8) is 0 Å². The zero-order valence-corrected chi connectivity index (χ0v) is 10.2. The van der Waals surface area contributed by atoms with Gasteiger partial charge in [-0.25, -0.2) is 0 Å². The van der Waals surface area contributed by atoms with Crippen molar-refractivity contribution in [2.24, 2.45) is 5.73 Å². The maximum Gasteiger partial charge on any atom is 0.287 e. The maximum absolute atomic E-state index is 11.9. The second-order valence-corrected chi connectivity index (χ2v) is 4.01. The summed E-state index contributed by atoms with van der Waals surface area (Å²) >= 11 is 0. The van der Waals surface area contributed by atoms with E-state index in [1.807, 2.05) is 24.3 Å². The molecular formula is C13H16N2O3. The number of nitrogens with two attached hydrogens (primary N) is 1. The van der Waals surface area contributed by atoms with Crippen molar-refractivity contribution in [2.75, 3.05) is 20.3 Å². The van der Waals surface area contributed by atoms with Gasteiger partial charge in [0.05, 0.1) is 12.6 Å². The van der Waals surface area contributed by atoms with Crippen LogP contribution in [0.4, 0.5) is 0 Å². The average molecular weight is 248 g/mol. The van der Waals surface area contributed by atoms with E-state index in [0.29, 0.717) is 18.7 Å². The van der Waals surface area contributed by atoms with Crippen LogP contribution in [0.2, 0.25) is 0 Å². The Morgan fingerprint density at radius 3 is 2.94 bits per heavy atom. The topological polar surface area (TPSA) is 77.5 Å². The minimum absolute atomic E-state index is 0.212.